The lowest BCUT2D eigenvalue weighted by Crippen LogP contribution is -2.34. The van der Waals surface area contributed by atoms with Gasteiger partial charge in [0, 0.05) is 43.3 Å². The van der Waals surface area contributed by atoms with Gasteiger partial charge in [0.25, 0.3) is 6.47 Å². The van der Waals surface area contributed by atoms with Gasteiger partial charge in [-0.2, -0.15) is 0 Å². The Labute approximate surface area is 189 Å². The zero-order chi connectivity index (χ0) is 23.9. The molecular formula is C24H42N4O3. The van der Waals surface area contributed by atoms with Crippen molar-refractivity contribution in [3.05, 3.63) is 29.6 Å². The summed E-state index contributed by atoms with van der Waals surface area (Å²) in [6, 6.07) is 3.93. The van der Waals surface area contributed by atoms with Crippen LogP contribution in [-0.4, -0.2) is 73.4 Å². The van der Waals surface area contributed by atoms with E-state index in [0.29, 0.717) is 19.2 Å². The normalized spacial score (nSPS) is 15.9. The highest BCUT2D eigenvalue weighted by Crippen LogP contribution is 2.12. The first-order valence-electron chi connectivity index (χ1n) is 11.0. The van der Waals surface area contributed by atoms with Crippen LogP contribution in [0.1, 0.15) is 65.6 Å². The minimum atomic E-state index is -0.318. The molecule has 31 heavy (non-hydrogen) atoms. The van der Waals surface area contributed by atoms with Gasteiger partial charge < -0.3 is 14.4 Å². The molecule has 1 aromatic rings. The molecule has 0 amide bonds. The summed E-state index contributed by atoms with van der Waals surface area (Å²) in [5.74, 6) is 0.731. The first kappa shape index (κ1) is 28.9. The van der Waals surface area contributed by atoms with Crippen LogP contribution in [-0.2, 0) is 14.3 Å². The van der Waals surface area contributed by atoms with Gasteiger partial charge in [-0.25, -0.2) is 4.99 Å². The molecule has 1 saturated heterocycles. The van der Waals surface area contributed by atoms with E-state index in [9.17, 15) is 4.79 Å². The Morgan fingerprint density at radius 1 is 1.29 bits per heavy atom. The maximum Gasteiger partial charge on any atom is 0.293 e. The van der Waals surface area contributed by atoms with E-state index in [-0.39, 0.29) is 5.60 Å². The van der Waals surface area contributed by atoms with E-state index in [1.54, 1.807) is 13.2 Å². The maximum atomic E-state index is 9.60. The average Bonchev–Trinajstić information content (AvgIpc) is 2.72. The topological polar surface area (TPSA) is 76.4 Å². The van der Waals surface area contributed by atoms with Gasteiger partial charge in [0.15, 0.2) is 5.84 Å². The van der Waals surface area contributed by atoms with Crippen LogP contribution >= 0.6 is 0 Å². The number of hydrogen-bond acceptors (Lipinski definition) is 6. The number of aliphatic imine (C=N–C) groups is 2. The number of nitrogens with zero attached hydrogens (tertiary/aromatic N) is 4. The molecule has 0 aliphatic carbocycles. The van der Waals surface area contributed by atoms with Crippen molar-refractivity contribution in [1.29, 1.82) is 0 Å². The number of aromatic nitrogens is 1. The molecule has 0 saturated carbocycles. The van der Waals surface area contributed by atoms with Crippen molar-refractivity contribution in [2.75, 3.05) is 33.8 Å². The van der Waals surface area contributed by atoms with E-state index in [1.165, 1.54) is 0 Å². The van der Waals surface area contributed by atoms with Gasteiger partial charge in [0.05, 0.1) is 12.7 Å². The number of amidine groups is 1. The largest absolute Gasteiger partial charge is 0.462 e. The molecule has 1 fully saturated rings. The van der Waals surface area contributed by atoms with Crippen LogP contribution in [0.15, 0.2) is 28.3 Å². The predicted molar refractivity (Wildman–Crippen MR) is 129 cm³/mol. The summed E-state index contributed by atoms with van der Waals surface area (Å²) in [5, 5.41) is 0. The van der Waals surface area contributed by atoms with Gasteiger partial charge >= 0.3 is 0 Å². The Kier molecular flexibility index (Phi) is 14.6. The van der Waals surface area contributed by atoms with Crippen LogP contribution in [0.4, 0.5) is 0 Å². The van der Waals surface area contributed by atoms with E-state index in [2.05, 4.69) is 31.7 Å². The molecular weight excluding hydrogens is 392 g/mol. The third kappa shape index (κ3) is 13.7. The Balaban J connectivity index is 0.000000852. The summed E-state index contributed by atoms with van der Waals surface area (Å²) in [4.78, 5) is 25.0. The standard InChI is InChI=1S/C17H26N4O.C5H10O2.C2H6/c1-13-11-15(5-8-19-13)17(18-3)20-14(2)12-22-16-6-9-21(4)10-7-16;1-5(2,3)7-4-6;1-2/h5,8,11,16H,6-7,9-10,12H2,1-4H3;4H,1-3H3;1-2H3. The summed E-state index contributed by atoms with van der Waals surface area (Å²) < 4.78 is 10.5. The Morgan fingerprint density at radius 2 is 1.90 bits per heavy atom. The lowest BCUT2D eigenvalue weighted by molar-refractivity contribution is -0.138. The molecule has 0 spiro atoms. The molecule has 0 atom stereocenters. The molecule has 7 nitrogen and oxygen atoms in total. The van der Waals surface area contributed by atoms with Crippen molar-refractivity contribution in [2.45, 2.75) is 73.0 Å². The Morgan fingerprint density at radius 3 is 2.35 bits per heavy atom. The number of aryl methyl sites for hydroxylation is 1. The van der Waals surface area contributed by atoms with Crippen molar-refractivity contribution < 1.29 is 14.3 Å². The number of pyridine rings is 1. The monoisotopic (exact) mass is 434 g/mol. The Bertz CT molecular complexity index is 688. The third-order valence-corrected chi connectivity index (χ3v) is 4.26. The molecule has 2 heterocycles. The molecule has 1 aromatic heterocycles. The minimum absolute atomic E-state index is 0.318. The lowest BCUT2D eigenvalue weighted by atomic mass is 10.1. The van der Waals surface area contributed by atoms with Crippen LogP contribution in [0.2, 0.25) is 0 Å². The zero-order valence-corrected chi connectivity index (χ0v) is 20.9. The SMILES string of the molecule is CC.CC(C)(C)OC=O.CN=C(N=C(C)COC1CCN(C)CC1)c1ccnc(C)c1. The summed E-state index contributed by atoms with van der Waals surface area (Å²) in [7, 11) is 3.92. The Hall–Kier alpha value is -2.12. The lowest BCUT2D eigenvalue weighted by Gasteiger charge is -2.28. The number of hydrogen-bond donors (Lipinski definition) is 0. The second-order valence-corrected chi connectivity index (χ2v) is 8.22. The van der Waals surface area contributed by atoms with Crippen molar-refractivity contribution in [3.8, 4) is 0 Å². The first-order valence-corrected chi connectivity index (χ1v) is 11.0. The van der Waals surface area contributed by atoms with Crippen LogP contribution in [0, 0.1) is 6.92 Å². The van der Waals surface area contributed by atoms with Gasteiger partial charge in [-0.15, -0.1) is 0 Å². The molecule has 0 bridgehead atoms. The van der Waals surface area contributed by atoms with E-state index in [4.69, 9.17) is 4.74 Å². The molecule has 0 radical (unpaired) electrons. The van der Waals surface area contributed by atoms with Gasteiger partial charge in [-0.1, -0.05) is 13.8 Å². The number of rotatable bonds is 5. The predicted octanol–water partition coefficient (Wildman–Crippen LogP) is 4.32. The van der Waals surface area contributed by atoms with Crippen LogP contribution < -0.4 is 0 Å². The van der Waals surface area contributed by atoms with Crippen molar-refractivity contribution in [2.24, 2.45) is 9.98 Å². The molecule has 1 aliphatic heterocycles. The van der Waals surface area contributed by atoms with Crippen LogP contribution in [0.25, 0.3) is 0 Å². The maximum absolute atomic E-state index is 9.60. The number of likely N-dealkylation sites (tertiary alicyclic amines) is 1. The number of carbonyl (C=O) groups is 1. The van der Waals surface area contributed by atoms with E-state index >= 15 is 0 Å². The molecule has 7 heteroatoms. The van der Waals surface area contributed by atoms with Gasteiger partial charge in [-0.3, -0.25) is 14.8 Å². The van der Waals surface area contributed by atoms with Gasteiger partial charge in [0.1, 0.15) is 5.60 Å². The summed E-state index contributed by atoms with van der Waals surface area (Å²) in [6.07, 6.45) is 4.34. The fourth-order valence-corrected chi connectivity index (χ4v) is 2.68. The minimum Gasteiger partial charge on any atom is -0.462 e. The molecule has 0 N–H and O–H groups in total. The van der Waals surface area contributed by atoms with E-state index in [1.807, 2.05) is 60.6 Å². The average molecular weight is 435 g/mol. The highest BCUT2D eigenvalue weighted by molar-refractivity contribution is 6.06. The summed E-state index contributed by atoms with van der Waals surface area (Å²) in [6.45, 7) is 16.7. The summed E-state index contributed by atoms with van der Waals surface area (Å²) >= 11 is 0. The molecule has 1 aliphatic rings. The number of ether oxygens (including phenoxy) is 2. The van der Waals surface area contributed by atoms with Gasteiger partial charge in [-0.05, 0) is 66.6 Å². The van der Waals surface area contributed by atoms with Crippen molar-refractivity contribution >= 4 is 18.0 Å². The van der Waals surface area contributed by atoms with Crippen LogP contribution in [0.5, 0.6) is 0 Å². The third-order valence-electron chi connectivity index (χ3n) is 4.26. The molecule has 0 aromatic carbocycles. The molecule has 2 rings (SSSR count). The first-order chi connectivity index (χ1) is 14.6. The van der Waals surface area contributed by atoms with Gasteiger partial charge in [0.2, 0.25) is 0 Å². The highest BCUT2D eigenvalue weighted by atomic mass is 16.5. The second-order valence-electron chi connectivity index (χ2n) is 8.22. The second kappa shape index (κ2) is 15.6. The fourth-order valence-electron chi connectivity index (χ4n) is 2.68. The fraction of sp³-hybridized carbons (Fsp3) is 0.667. The summed E-state index contributed by atoms with van der Waals surface area (Å²) in [5.41, 5.74) is 2.60. The molecule has 0 unspecified atom stereocenters. The quantitative estimate of drug-likeness (QED) is 0.392. The van der Waals surface area contributed by atoms with E-state index < -0.39 is 0 Å². The smallest absolute Gasteiger partial charge is 0.293 e. The van der Waals surface area contributed by atoms with E-state index in [0.717, 1.165) is 48.7 Å². The number of carbonyl (C=O) groups excluding carboxylic acids is 1. The highest BCUT2D eigenvalue weighted by Gasteiger charge is 2.17. The number of piperidine rings is 1. The van der Waals surface area contributed by atoms with Crippen molar-refractivity contribution in [3.63, 3.8) is 0 Å². The zero-order valence-electron chi connectivity index (χ0n) is 20.9. The van der Waals surface area contributed by atoms with Crippen LogP contribution in [0.3, 0.4) is 0 Å². The molecule has 176 valence electrons. The van der Waals surface area contributed by atoms with Crippen molar-refractivity contribution in [1.82, 2.24) is 9.88 Å².